The van der Waals surface area contributed by atoms with Crippen LogP contribution in [0.15, 0.2) is 42.2 Å². The number of rotatable bonds is 4. The zero-order valence-electron chi connectivity index (χ0n) is 15.8. The van der Waals surface area contributed by atoms with Crippen LogP contribution < -0.4 is 14.2 Å². The Balaban J connectivity index is 1.70. The smallest absolute Gasteiger partial charge is 0.231 e. The van der Waals surface area contributed by atoms with Gasteiger partial charge in [-0.3, -0.25) is 9.69 Å². The van der Waals surface area contributed by atoms with Crippen LogP contribution in [0.4, 0.5) is 0 Å². The Hall–Kier alpha value is -2.79. The molecule has 0 atom stereocenters. The number of Topliss-reactive ketones (excluding diaryl/α,β-unsaturated/α-hetero) is 1. The molecule has 0 N–H and O–H groups in total. The van der Waals surface area contributed by atoms with E-state index in [2.05, 4.69) is 18.7 Å². The van der Waals surface area contributed by atoms with E-state index in [0.29, 0.717) is 43.0 Å². The lowest BCUT2D eigenvalue weighted by Gasteiger charge is -2.32. The molecule has 0 bridgehead atoms. The second-order valence-corrected chi connectivity index (χ2v) is 6.94. The normalized spacial score (nSPS) is 17.5. The molecule has 0 amide bonds. The van der Waals surface area contributed by atoms with E-state index < -0.39 is 0 Å². The number of fused-ring (bicyclic) bond motifs is 3. The maximum Gasteiger partial charge on any atom is 0.231 e. The number of hydrogen-bond acceptors (Lipinski definition) is 5. The number of para-hydroxylation sites is 1. The van der Waals surface area contributed by atoms with Gasteiger partial charge in [0, 0.05) is 18.2 Å². The molecule has 140 valence electrons. The Morgan fingerprint density at radius 1 is 1.22 bits per heavy atom. The summed E-state index contributed by atoms with van der Waals surface area (Å²) in [4.78, 5) is 15.1. The molecule has 0 saturated carbocycles. The third-order valence-electron chi connectivity index (χ3n) is 4.88. The molecule has 0 spiro atoms. The van der Waals surface area contributed by atoms with Crippen LogP contribution in [0.3, 0.4) is 0 Å². The molecule has 0 unspecified atom stereocenters. The van der Waals surface area contributed by atoms with Gasteiger partial charge in [-0.15, -0.1) is 0 Å². The van der Waals surface area contributed by atoms with E-state index in [4.69, 9.17) is 14.2 Å². The largest absolute Gasteiger partial charge is 0.493 e. The van der Waals surface area contributed by atoms with Crippen molar-refractivity contribution in [3.63, 3.8) is 0 Å². The monoisotopic (exact) mass is 365 g/mol. The third kappa shape index (κ3) is 3.19. The summed E-state index contributed by atoms with van der Waals surface area (Å²) in [6, 6.07) is 11.6. The van der Waals surface area contributed by atoms with Gasteiger partial charge in [0.25, 0.3) is 0 Å². The van der Waals surface area contributed by atoms with Crippen molar-refractivity contribution < 1.29 is 19.0 Å². The minimum absolute atomic E-state index is 0.110. The minimum Gasteiger partial charge on any atom is -0.493 e. The lowest BCUT2D eigenvalue weighted by atomic mass is 10.0. The first kappa shape index (κ1) is 17.6. The second kappa shape index (κ2) is 7.08. The molecule has 4 rings (SSSR count). The van der Waals surface area contributed by atoms with Crippen LogP contribution in [-0.2, 0) is 6.54 Å². The Bertz CT molecular complexity index is 917. The van der Waals surface area contributed by atoms with Gasteiger partial charge in [-0.1, -0.05) is 18.2 Å². The number of ether oxygens (including phenoxy) is 3. The lowest BCUT2D eigenvalue weighted by Crippen LogP contribution is -2.37. The van der Waals surface area contributed by atoms with Crippen molar-refractivity contribution in [3.05, 3.63) is 58.8 Å². The van der Waals surface area contributed by atoms with Crippen molar-refractivity contribution in [1.29, 1.82) is 0 Å². The number of benzene rings is 2. The first-order valence-electron chi connectivity index (χ1n) is 9.27. The minimum atomic E-state index is -0.110. The number of ketones is 1. The molecule has 2 aromatic rings. The highest BCUT2D eigenvalue weighted by Crippen LogP contribution is 2.42. The van der Waals surface area contributed by atoms with E-state index in [1.54, 1.807) is 12.1 Å². The zero-order chi connectivity index (χ0) is 19.0. The molecule has 2 aliphatic rings. The van der Waals surface area contributed by atoms with Crippen LogP contribution in [0, 0.1) is 0 Å². The third-order valence-corrected chi connectivity index (χ3v) is 4.88. The summed E-state index contributed by atoms with van der Waals surface area (Å²) in [6.45, 7) is 7.99. The molecular formula is C22H23NO4. The fourth-order valence-electron chi connectivity index (χ4n) is 3.33. The Labute approximate surface area is 159 Å². The molecule has 5 heteroatoms. The fraction of sp³-hybridized carbons (Fsp3) is 0.318. The highest BCUT2D eigenvalue weighted by Gasteiger charge is 2.34. The summed E-state index contributed by atoms with van der Waals surface area (Å²) >= 11 is 0. The average molecular weight is 365 g/mol. The van der Waals surface area contributed by atoms with E-state index in [0.717, 1.165) is 22.6 Å². The highest BCUT2D eigenvalue weighted by atomic mass is 16.5. The maximum absolute atomic E-state index is 12.9. The molecule has 0 saturated heterocycles. The molecule has 0 aliphatic carbocycles. The van der Waals surface area contributed by atoms with Gasteiger partial charge in [-0.05, 0) is 45.0 Å². The highest BCUT2D eigenvalue weighted by molar-refractivity contribution is 6.15. The zero-order valence-corrected chi connectivity index (χ0v) is 15.8. The summed E-state index contributed by atoms with van der Waals surface area (Å²) in [6.07, 6.45) is 1.75. The van der Waals surface area contributed by atoms with Crippen LogP contribution >= 0.6 is 0 Å². The quantitative estimate of drug-likeness (QED) is 0.758. The van der Waals surface area contributed by atoms with Crippen LogP contribution in [0.5, 0.6) is 17.2 Å². The molecule has 2 aromatic carbocycles. The Kier molecular flexibility index (Phi) is 4.62. The summed E-state index contributed by atoms with van der Waals surface area (Å²) in [5, 5.41) is 0. The van der Waals surface area contributed by atoms with Crippen molar-refractivity contribution in [2.75, 3.05) is 13.3 Å². The van der Waals surface area contributed by atoms with E-state index in [1.807, 2.05) is 37.3 Å². The van der Waals surface area contributed by atoms with Crippen LogP contribution in [0.25, 0.3) is 6.08 Å². The molecule has 5 nitrogen and oxygen atoms in total. The molecule has 0 fully saturated rings. The van der Waals surface area contributed by atoms with Crippen molar-refractivity contribution in [2.45, 2.75) is 33.4 Å². The number of carbonyl (C=O) groups is 1. The van der Waals surface area contributed by atoms with Crippen LogP contribution in [-0.4, -0.2) is 30.1 Å². The predicted octanol–water partition coefficient (Wildman–Crippen LogP) is 4.26. The van der Waals surface area contributed by atoms with Crippen molar-refractivity contribution in [1.82, 2.24) is 4.90 Å². The van der Waals surface area contributed by atoms with Gasteiger partial charge < -0.3 is 14.2 Å². The molecule has 27 heavy (non-hydrogen) atoms. The number of nitrogens with zero attached hydrogens (tertiary/aromatic N) is 1. The molecule has 0 aromatic heterocycles. The Morgan fingerprint density at radius 2 is 2.04 bits per heavy atom. The van der Waals surface area contributed by atoms with Gasteiger partial charge in [-0.2, -0.15) is 0 Å². The van der Waals surface area contributed by atoms with Gasteiger partial charge in [0.05, 0.1) is 17.7 Å². The van der Waals surface area contributed by atoms with Crippen LogP contribution in [0.2, 0.25) is 0 Å². The standard InChI is InChI=1S/C22H23NO4/c1-4-25-18-8-6-5-7-15(18)11-20-21(24)16-9-10-19-17(22(16)27-20)12-23(13-26-19)14(2)3/h5-11,14H,4,12-13H2,1-3H3/b20-11-. The fourth-order valence-corrected chi connectivity index (χ4v) is 3.33. The van der Waals surface area contributed by atoms with E-state index >= 15 is 0 Å². The summed E-state index contributed by atoms with van der Waals surface area (Å²) < 4.78 is 17.5. The first-order valence-corrected chi connectivity index (χ1v) is 9.27. The van der Waals surface area contributed by atoms with Gasteiger partial charge in [0.1, 0.15) is 24.0 Å². The first-order chi connectivity index (χ1) is 13.1. The predicted molar refractivity (Wildman–Crippen MR) is 103 cm³/mol. The molecule has 2 heterocycles. The molecule has 2 aliphatic heterocycles. The van der Waals surface area contributed by atoms with Crippen LogP contribution in [0.1, 0.15) is 42.3 Å². The number of hydrogen-bond donors (Lipinski definition) is 0. The number of allylic oxidation sites excluding steroid dienone is 1. The summed E-state index contributed by atoms with van der Waals surface area (Å²) in [5.41, 5.74) is 2.34. The molecule has 0 radical (unpaired) electrons. The van der Waals surface area contributed by atoms with Crippen molar-refractivity contribution in [2.24, 2.45) is 0 Å². The second-order valence-electron chi connectivity index (χ2n) is 6.94. The Morgan fingerprint density at radius 3 is 2.81 bits per heavy atom. The van der Waals surface area contributed by atoms with E-state index in [1.165, 1.54) is 0 Å². The van der Waals surface area contributed by atoms with E-state index in [9.17, 15) is 4.79 Å². The van der Waals surface area contributed by atoms with Crippen molar-refractivity contribution >= 4 is 11.9 Å². The molecular weight excluding hydrogens is 342 g/mol. The SMILES string of the molecule is CCOc1ccccc1/C=C1\Oc2c(ccc3c2CN(C(C)C)CO3)C1=O. The van der Waals surface area contributed by atoms with Crippen molar-refractivity contribution in [3.8, 4) is 17.2 Å². The van der Waals surface area contributed by atoms with Gasteiger partial charge in [0.2, 0.25) is 5.78 Å². The van der Waals surface area contributed by atoms with Gasteiger partial charge >= 0.3 is 0 Å². The van der Waals surface area contributed by atoms with Gasteiger partial charge in [-0.25, -0.2) is 0 Å². The topological polar surface area (TPSA) is 48.0 Å². The maximum atomic E-state index is 12.9. The summed E-state index contributed by atoms with van der Waals surface area (Å²) in [5.74, 6) is 2.33. The average Bonchev–Trinajstić information content (AvgIpc) is 2.99. The van der Waals surface area contributed by atoms with Gasteiger partial charge in [0.15, 0.2) is 5.76 Å². The number of carbonyl (C=O) groups excluding carboxylic acids is 1. The van der Waals surface area contributed by atoms with E-state index in [-0.39, 0.29) is 5.78 Å². The summed E-state index contributed by atoms with van der Waals surface area (Å²) in [7, 11) is 0. The lowest BCUT2D eigenvalue weighted by molar-refractivity contribution is 0.0674.